The normalized spacial score (nSPS) is 36.0. The lowest BCUT2D eigenvalue weighted by atomic mass is 9.72. The second kappa shape index (κ2) is 13.6. The van der Waals surface area contributed by atoms with E-state index in [1.54, 1.807) is 0 Å². The monoisotopic (exact) mass is 591 g/mol. The van der Waals surface area contributed by atoms with Crippen LogP contribution >= 0.6 is 0 Å². The first-order chi connectivity index (χ1) is 19.3. The van der Waals surface area contributed by atoms with Gasteiger partial charge < -0.3 is 70.2 Å². The van der Waals surface area contributed by atoms with Gasteiger partial charge in [0.05, 0.1) is 38.6 Å². The summed E-state index contributed by atoms with van der Waals surface area (Å²) in [4.78, 5) is 24.4. The number of hydrogen-bond donors (Lipinski definition) is 10. The van der Waals surface area contributed by atoms with E-state index in [9.17, 15) is 55.5 Å². The molecule has 0 bridgehead atoms. The molecule has 10 N–H and O–H groups in total. The van der Waals surface area contributed by atoms with E-state index in [4.69, 9.17) is 18.9 Å². The number of carbonyl (C=O) groups excluding carboxylic acids is 1. The molecule has 0 saturated carbocycles. The molecule has 0 unspecified atom stereocenters. The molecule has 1 amide bonds. The number of aliphatic carboxylic acids is 1. The molecule has 2 fully saturated rings. The van der Waals surface area contributed by atoms with Crippen molar-refractivity contribution < 1.29 is 74.5 Å². The van der Waals surface area contributed by atoms with Crippen molar-refractivity contribution in [1.29, 1.82) is 0 Å². The lowest BCUT2D eigenvalue weighted by molar-refractivity contribution is -0.305. The summed E-state index contributed by atoms with van der Waals surface area (Å²) in [7, 11) is 1.44. The fourth-order valence-corrected chi connectivity index (χ4v) is 5.18. The highest BCUT2D eigenvalue weighted by Gasteiger charge is 2.63. The third-order valence-corrected chi connectivity index (χ3v) is 7.37. The van der Waals surface area contributed by atoms with Gasteiger partial charge in [-0.05, 0) is 24.3 Å². The summed E-state index contributed by atoms with van der Waals surface area (Å²) in [5, 5.41) is 96.8. The predicted molar refractivity (Wildman–Crippen MR) is 133 cm³/mol. The smallest absolute Gasteiger partial charge is 0.338 e. The molecular formula is C25H37NO15. The second-order valence-corrected chi connectivity index (χ2v) is 10.0. The van der Waals surface area contributed by atoms with Crippen molar-refractivity contribution in [1.82, 2.24) is 5.32 Å². The Balaban J connectivity index is 2.00. The fraction of sp³-hybridized carbons (Fsp3) is 0.680. The van der Waals surface area contributed by atoms with E-state index < -0.39 is 104 Å². The van der Waals surface area contributed by atoms with E-state index in [2.05, 4.69) is 5.32 Å². The number of hydrogen-bond acceptors (Lipinski definition) is 14. The summed E-state index contributed by atoms with van der Waals surface area (Å²) >= 11 is 0. The number of aliphatic hydroxyl groups is 8. The van der Waals surface area contributed by atoms with Gasteiger partial charge in [-0.1, -0.05) is 0 Å². The third kappa shape index (κ3) is 6.72. The lowest BCUT2D eigenvalue weighted by Crippen LogP contribution is -2.73. The summed E-state index contributed by atoms with van der Waals surface area (Å²) in [6.07, 6.45) is -17.9. The highest BCUT2D eigenvalue weighted by molar-refractivity contribution is 5.79. The second-order valence-electron chi connectivity index (χ2n) is 10.0. The topological polar surface area (TPSA) is 265 Å². The highest BCUT2D eigenvalue weighted by Crippen LogP contribution is 2.41. The number of ether oxygens (including phenoxy) is 4. The Morgan fingerprint density at radius 2 is 1.68 bits per heavy atom. The molecule has 0 spiro atoms. The zero-order valence-corrected chi connectivity index (χ0v) is 22.3. The molecule has 16 heteroatoms. The van der Waals surface area contributed by atoms with Crippen molar-refractivity contribution in [3.05, 3.63) is 24.3 Å². The molecule has 12 atom stereocenters. The van der Waals surface area contributed by atoms with Gasteiger partial charge in [-0.3, -0.25) is 4.79 Å². The van der Waals surface area contributed by atoms with Crippen LogP contribution in [0.2, 0.25) is 0 Å². The van der Waals surface area contributed by atoms with Crippen molar-refractivity contribution in [2.24, 2.45) is 5.92 Å². The van der Waals surface area contributed by atoms with Crippen LogP contribution in [0.25, 0.3) is 0 Å². The summed E-state index contributed by atoms with van der Waals surface area (Å²) in [5.41, 5.74) is -2.86. The number of aliphatic hydroxyl groups excluding tert-OH is 8. The average molecular weight is 592 g/mol. The molecule has 1 aromatic rings. The maximum atomic E-state index is 12.7. The van der Waals surface area contributed by atoms with Crippen molar-refractivity contribution in [3.63, 3.8) is 0 Å². The van der Waals surface area contributed by atoms with Crippen molar-refractivity contribution >= 4 is 11.9 Å². The number of nitrogens with one attached hydrogen (secondary N) is 1. The van der Waals surface area contributed by atoms with Crippen molar-refractivity contribution in [3.8, 4) is 11.5 Å². The third-order valence-electron chi connectivity index (χ3n) is 7.37. The van der Waals surface area contributed by atoms with Crippen LogP contribution < -0.4 is 14.8 Å². The minimum absolute atomic E-state index is 0.146. The molecule has 0 aromatic heterocycles. The Kier molecular flexibility index (Phi) is 10.9. The zero-order chi connectivity index (χ0) is 30.6. The molecule has 2 heterocycles. The van der Waals surface area contributed by atoms with Gasteiger partial charge in [-0.15, -0.1) is 0 Å². The van der Waals surface area contributed by atoms with Crippen LogP contribution in [0, 0.1) is 5.92 Å². The molecule has 41 heavy (non-hydrogen) atoms. The highest BCUT2D eigenvalue weighted by atomic mass is 16.7. The van der Waals surface area contributed by atoms with Gasteiger partial charge >= 0.3 is 5.97 Å². The molecule has 16 nitrogen and oxygen atoms in total. The van der Waals surface area contributed by atoms with Crippen LogP contribution in [0.5, 0.6) is 11.5 Å². The van der Waals surface area contributed by atoms with E-state index >= 15 is 0 Å². The summed E-state index contributed by atoms with van der Waals surface area (Å²) < 4.78 is 21.8. The predicted octanol–water partition coefficient (Wildman–Crippen LogP) is -4.32. The molecule has 2 saturated heterocycles. The van der Waals surface area contributed by atoms with Crippen LogP contribution in [-0.4, -0.2) is 145 Å². The van der Waals surface area contributed by atoms with Gasteiger partial charge in [0.2, 0.25) is 12.2 Å². The van der Waals surface area contributed by atoms with Crippen molar-refractivity contribution in [2.75, 3.05) is 20.3 Å². The number of rotatable bonds is 11. The Hall–Kier alpha value is -2.64. The first kappa shape index (κ1) is 32.9. The van der Waals surface area contributed by atoms with E-state index in [1.807, 2.05) is 0 Å². The van der Waals surface area contributed by atoms with E-state index in [0.717, 1.165) is 6.92 Å². The number of benzene rings is 1. The minimum atomic E-state index is -2.86. The maximum absolute atomic E-state index is 12.7. The molecule has 3 rings (SSSR count). The zero-order valence-electron chi connectivity index (χ0n) is 22.3. The van der Waals surface area contributed by atoms with Gasteiger partial charge in [-0.2, -0.15) is 0 Å². The number of carbonyl (C=O) groups is 2. The molecule has 1 aromatic carbocycles. The van der Waals surface area contributed by atoms with Crippen LogP contribution in [0.1, 0.15) is 13.3 Å². The Bertz CT molecular complexity index is 1030. The van der Waals surface area contributed by atoms with Gasteiger partial charge in [0.1, 0.15) is 48.1 Å². The molecule has 0 aliphatic carbocycles. The number of methoxy groups -OCH3 is 1. The Morgan fingerprint density at radius 3 is 2.20 bits per heavy atom. The first-order valence-corrected chi connectivity index (χ1v) is 12.8. The van der Waals surface area contributed by atoms with Crippen LogP contribution in [0.4, 0.5) is 0 Å². The minimum Gasteiger partial charge on any atom is -0.497 e. The van der Waals surface area contributed by atoms with Crippen molar-refractivity contribution in [2.45, 2.75) is 80.1 Å². The van der Waals surface area contributed by atoms with Crippen LogP contribution in [0.15, 0.2) is 24.3 Å². The average Bonchev–Trinajstić information content (AvgIpc) is 2.94. The first-order valence-electron chi connectivity index (χ1n) is 12.8. The molecule has 2 aliphatic rings. The standard InChI is InChI=1S/C25H37NO15/c1-10(29)26-17-13(30)7-25(24(36)37,41-21(17)18(32)14(31)8-27)22(35)16-19(33)15(9-28)40-23(20(16)34)39-12-5-3-11(38-2)4-6-12/h3-6,13-23,27-28,30-35H,7-9H2,1-2H3,(H,26,29)(H,36,37)/t13-,14+,15+,16-,17+,18+,19-,20+,21+,22+,23+,25-/m0/s1. The van der Waals surface area contributed by atoms with E-state index in [1.165, 1.54) is 31.4 Å². The quantitative estimate of drug-likeness (QED) is 0.117. The lowest BCUT2D eigenvalue weighted by Gasteiger charge is -2.52. The molecule has 232 valence electrons. The molecule has 0 radical (unpaired) electrons. The van der Waals surface area contributed by atoms with Gasteiger partial charge in [-0.25, -0.2) is 4.79 Å². The summed E-state index contributed by atoms with van der Waals surface area (Å²) in [6, 6.07) is 4.48. The largest absolute Gasteiger partial charge is 0.497 e. The Morgan fingerprint density at radius 1 is 1.07 bits per heavy atom. The molecule has 2 aliphatic heterocycles. The van der Waals surface area contributed by atoms with Crippen LogP contribution in [-0.2, 0) is 19.1 Å². The number of carboxylic acid groups (broad SMARTS) is 1. The van der Waals surface area contributed by atoms with Gasteiger partial charge in [0, 0.05) is 19.3 Å². The summed E-state index contributed by atoms with van der Waals surface area (Å²) in [5.74, 6) is -3.81. The molecular weight excluding hydrogens is 554 g/mol. The van der Waals surface area contributed by atoms with E-state index in [0.29, 0.717) is 5.75 Å². The van der Waals surface area contributed by atoms with Crippen LogP contribution in [0.3, 0.4) is 0 Å². The SMILES string of the molecule is COc1ccc(O[C@@H]2O[C@H](CO)[C@H](O)[C@H]([C@@H](O)[C@]3(C(=O)O)C[C@H](O)[C@@H](NC(C)=O)[C@H]([C@H](O)[C@H](O)CO)O3)[C@H]2O)cc1. The maximum Gasteiger partial charge on any atom is 0.338 e. The fourth-order valence-electron chi connectivity index (χ4n) is 5.18. The summed E-state index contributed by atoms with van der Waals surface area (Å²) in [6.45, 7) is -0.774. The van der Waals surface area contributed by atoms with E-state index in [-0.39, 0.29) is 5.75 Å². The van der Waals surface area contributed by atoms with Gasteiger partial charge in [0.25, 0.3) is 0 Å². The van der Waals surface area contributed by atoms with Gasteiger partial charge in [0.15, 0.2) is 5.60 Å². The number of amides is 1. The Labute approximate surface area is 234 Å². The number of carboxylic acids is 1.